The highest BCUT2D eigenvalue weighted by Crippen LogP contribution is 2.41. The summed E-state index contributed by atoms with van der Waals surface area (Å²) in [5, 5.41) is 4.72. The molecule has 172 valence electrons. The van der Waals surface area contributed by atoms with Crippen molar-refractivity contribution in [3.63, 3.8) is 0 Å². The molecular formula is C25H21N3O5S. The molecule has 0 bridgehead atoms. The molecule has 0 unspecified atom stereocenters. The number of carbonyl (C=O) groups is 1. The van der Waals surface area contributed by atoms with E-state index < -0.39 is 9.84 Å². The Labute approximate surface area is 196 Å². The van der Waals surface area contributed by atoms with Crippen LogP contribution in [-0.2, 0) is 20.3 Å². The maximum absolute atomic E-state index is 13.5. The molecule has 1 amide bonds. The number of nitrogens with zero attached hydrogens (tertiary/aromatic N) is 3. The van der Waals surface area contributed by atoms with Crippen LogP contribution in [0.3, 0.4) is 0 Å². The van der Waals surface area contributed by atoms with E-state index in [1.165, 1.54) is 0 Å². The van der Waals surface area contributed by atoms with Gasteiger partial charge in [0.25, 0.3) is 5.91 Å². The molecule has 4 aromatic rings. The summed E-state index contributed by atoms with van der Waals surface area (Å²) >= 11 is 0. The third-order valence-electron chi connectivity index (χ3n) is 6.24. The number of fused-ring (bicyclic) bond motifs is 3. The van der Waals surface area contributed by atoms with Crippen molar-refractivity contribution in [1.29, 1.82) is 0 Å². The fourth-order valence-corrected chi connectivity index (χ4v) is 6.18. The quantitative estimate of drug-likeness (QED) is 0.450. The molecule has 2 aromatic carbocycles. The predicted octanol–water partition coefficient (Wildman–Crippen LogP) is 3.56. The summed E-state index contributed by atoms with van der Waals surface area (Å²) in [5.74, 6) is -0.550. The molecule has 1 saturated heterocycles. The minimum absolute atomic E-state index is 0.170. The van der Waals surface area contributed by atoms with Gasteiger partial charge in [0.2, 0.25) is 0 Å². The molecule has 6 rings (SSSR count). The lowest BCUT2D eigenvalue weighted by Crippen LogP contribution is -2.41. The van der Waals surface area contributed by atoms with E-state index in [0.717, 1.165) is 16.8 Å². The van der Waals surface area contributed by atoms with Crippen LogP contribution in [0.25, 0.3) is 28.1 Å². The Morgan fingerprint density at radius 2 is 1.79 bits per heavy atom. The van der Waals surface area contributed by atoms with Gasteiger partial charge in [-0.25, -0.2) is 13.1 Å². The van der Waals surface area contributed by atoms with Crippen LogP contribution in [0.4, 0.5) is 0 Å². The van der Waals surface area contributed by atoms with Crippen molar-refractivity contribution < 1.29 is 22.4 Å². The monoisotopic (exact) mass is 475 g/mol. The van der Waals surface area contributed by atoms with Gasteiger partial charge in [-0.2, -0.15) is 5.10 Å². The van der Waals surface area contributed by atoms with Crippen molar-refractivity contribution in [2.24, 2.45) is 0 Å². The highest BCUT2D eigenvalue weighted by Gasteiger charge is 2.37. The Bertz CT molecular complexity index is 1500. The Morgan fingerprint density at radius 1 is 0.971 bits per heavy atom. The van der Waals surface area contributed by atoms with Crippen LogP contribution in [0.5, 0.6) is 0 Å². The maximum atomic E-state index is 13.5. The fourth-order valence-electron chi connectivity index (χ4n) is 4.59. The molecule has 0 atom stereocenters. The minimum atomic E-state index is -3.62. The van der Waals surface area contributed by atoms with Crippen LogP contribution in [0, 0.1) is 0 Å². The van der Waals surface area contributed by atoms with Crippen molar-refractivity contribution in [1.82, 2.24) is 14.7 Å². The Kier molecular flexibility index (Phi) is 4.89. The lowest BCUT2D eigenvalue weighted by atomic mass is 10.0. The van der Waals surface area contributed by atoms with Crippen LogP contribution >= 0.6 is 0 Å². The van der Waals surface area contributed by atoms with E-state index in [-0.39, 0.29) is 22.2 Å². The van der Waals surface area contributed by atoms with Crippen LogP contribution in [0.2, 0.25) is 0 Å². The largest absolute Gasteiger partial charge is 0.472 e. The topological polar surface area (TPSA) is 94.6 Å². The molecule has 4 heterocycles. The van der Waals surface area contributed by atoms with Crippen LogP contribution < -0.4 is 0 Å². The number of carbonyl (C=O) groups excluding carboxylic acids is 1. The average molecular weight is 476 g/mol. The predicted molar refractivity (Wildman–Crippen MR) is 124 cm³/mol. The Balaban J connectivity index is 1.57. The molecule has 0 spiro atoms. The van der Waals surface area contributed by atoms with Crippen molar-refractivity contribution in [3.8, 4) is 28.1 Å². The first kappa shape index (κ1) is 20.9. The third kappa shape index (κ3) is 3.36. The van der Waals surface area contributed by atoms with Crippen molar-refractivity contribution in [3.05, 3.63) is 78.4 Å². The molecule has 34 heavy (non-hydrogen) atoms. The summed E-state index contributed by atoms with van der Waals surface area (Å²) in [6, 6.07) is 16.5. The zero-order valence-electron chi connectivity index (χ0n) is 18.2. The summed E-state index contributed by atoms with van der Waals surface area (Å²) < 4.78 is 38.6. The lowest BCUT2D eigenvalue weighted by Gasteiger charge is -2.26. The lowest BCUT2D eigenvalue weighted by molar-refractivity contribution is 0.0298. The molecule has 0 aliphatic carbocycles. The van der Waals surface area contributed by atoms with Crippen molar-refractivity contribution >= 4 is 15.7 Å². The van der Waals surface area contributed by atoms with E-state index in [9.17, 15) is 13.2 Å². The van der Waals surface area contributed by atoms with Gasteiger partial charge >= 0.3 is 0 Å². The zero-order valence-corrected chi connectivity index (χ0v) is 19.0. The fraction of sp³-hybridized carbons (Fsp3) is 0.200. The van der Waals surface area contributed by atoms with E-state index >= 15 is 0 Å². The van der Waals surface area contributed by atoms with E-state index in [2.05, 4.69) is 0 Å². The molecular weight excluding hydrogens is 454 g/mol. The van der Waals surface area contributed by atoms with E-state index in [0.29, 0.717) is 43.1 Å². The number of rotatable bonds is 3. The summed E-state index contributed by atoms with van der Waals surface area (Å²) in [4.78, 5) is 15.4. The standard InChI is InChI=1S/C25H21N3O5S/c29-25(27-9-12-32-13-10-27)23-21-16-34(30,31)22-7-2-1-6-20(22)24(21)28(26-23)19-5-3-4-17(14-19)18-8-11-33-15-18/h1-8,11,14-15H,9-10,12-13,16H2. The number of hydrogen-bond acceptors (Lipinski definition) is 6. The average Bonchev–Trinajstić information content (AvgIpc) is 3.53. The first-order chi connectivity index (χ1) is 16.5. The number of hydrogen-bond donors (Lipinski definition) is 0. The second kappa shape index (κ2) is 7.96. The first-order valence-electron chi connectivity index (χ1n) is 11.0. The second-order valence-corrected chi connectivity index (χ2v) is 10.3. The number of benzene rings is 2. The van der Waals surface area contributed by atoms with Crippen LogP contribution in [-0.4, -0.2) is 55.3 Å². The molecule has 9 heteroatoms. The highest BCUT2D eigenvalue weighted by molar-refractivity contribution is 7.90. The molecule has 1 fully saturated rings. The van der Waals surface area contributed by atoms with Gasteiger partial charge in [-0.3, -0.25) is 4.79 Å². The van der Waals surface area contributed by atoms with E-state index in [1.807, 2.05) is 30.3 Å². The van der Waals surface area contributed by atoms with Gasteiger partial charge in [0.15, 0.2) is 15.5 Å². The zero-order chi connectivity index (χ0) is 23.3. The van der Waals surface area contributed by atoms with Gasteiger partial charge < -0.3 is 14.1 Å². The molecule has 2 aliphatic rings. The normalized spacial score (nSPS) is 16.6. The van der Waals surface area contributed by atoms with Gasteiger partial charge in [0.1, 0.15) is 0 Å². The first-order valence-corrected chi connectivity index (χ1v) is 12.6. The molecule has 2 aliphatic heterocycles. The molecule has 0 radical (unpaired) electrons. The number of amides is 1. The minimum Gasteiger partial charge on any atom is -0.472 e. The molecule has 0 saturated carbocycles. The number of ether oxygens (including phenoxy) is 1. The van der Waals surface area contributed by atoms with Gasteiger partial charge in [0.05, 0.1) is 47.8 Å². The Hall–Kier alpha value is -3.69. The van der Waals surface area contributed by atoms with Crippen molar-refractivity contribution in [2.45, 2.75) is 10.6 Å². The van der Waals surface area contributed by atoms with E-state index in [4.69, 9.17) is 14.3 Å². The molecule has 0 N–H and O–H groups in total. The number of sulfone groups is 1. The second-order valence-electron chi connectivity index (χ2n) is 8.31. The Morgan fingerprint density at radius 3 is 2.59 bits per heavy atom. The third-order valence-corrected chi connectivity index (χ3v) is 7.94. The van der Waals surface area contributed by atoms with Crippen LogP contribution in [0.1, 0.15) is 16.1 Å². The maximum Gasteiger partial charge on any atom is 0.274 e. The van der Waals surface area contributed by atoms with Gasteiger partial charge in [0, 0.05) is 29.8 Å². The number of morpholine rings is 1. The molecule has 8 nitrogen and oxygen atoms in total. The molecule has 2 aromatic heterocycles. The summed E-state index contributed by atoms with van der Waals surface area (Å²) in [6.45, 7) is 1.78. The number of furan rings is 1. The summed E-state index contributed by atoms with van der Waals surface area (Å²) in [5.41, 5.74) is 4.35. The van der Waals surface area contributed by atoms with Crippen LogP contribution in [0.15, 0.2) is 76.4 Å². The van der Waals surface area contributed by atoms with Gasteiger partial charge in [-0.1, -0.05) is 30.3 Å². The van der Waals surface area contributed by atoms with Gasteiger partial charge in [-0.15, -0.1) is 0 Å². The summed E-state index contributed by atoms with van der Waals surface area (Å²) in [6.07, 6.45) is 3.27. The number of aromatic nitrogens is 2. The summed E-state index contributed by atoms with van der Waals surface area (Å²) in [7, 11) is -3.62. The van der Waals surface area contributed by atoms with E-state index in [1.54, 1.807) is 46.4 Å². The van der Waals surface area contributed by atoms with Crippen molar-refractivity contribution in [2.75, 3.05) is 26.3 Å². The highest BCUT2D eigenvalue weighted by atomic mass is 32.2. The smallest absolute Gasteiger partial charge is 0.274 e. The SMILES string of the molecule is O=C(c1nn(-c2cccc(-c3ccoc3)c2)c2c1CS(=O)(=O)c1ccccc1-2)N1CCOCC1. The van der Waals surface area contributed by atoms with Gasteiger partial charge in [-0.05, 0) is 29.8 Å².